The van der Waals surface area contributed by atoms with E-state index in [0.717, 1.165) is 23.2 Å². The lowest BCUT2D eigenvalue weighted by Gasteiger charge is -2.09. The number of carbonyl (C=O) groups is 1. The van der Waals surface area contributed by atoms with Gasteiger partial charge < -0.3 is 10.3 Å². The number of carbonyl (C=O) groups excluding carboxylic acids is 1. The number of fused-ring (bicyclic) bond motifs is 1. The van der Waals surface area contributed by atoms with Crippen LogP contribution in [0.2, 0.25) is 0 Å². The van der Waals surface area contributed by atoms with E-state index in [1.165, 1.54) is 23.5 Å². The molecule has 0 spiro atoms. The molecule has 2 aromatic carbocycles. The van der Waals surface area contributed by atoms with Gasteiger partial charge in [-0.05, 0) is 43.0 Å². The lowest BCUT2D eigenvalue weighted by molar-refractivity contribution is -0.118. The average molecular weight is 434 g/mol. The molecule has 4 rings (SSSR count). The maximum absolute atomic E-state index is 12.5. The first kappa shape index (κ1) is 20.9. The molecule has 0 unspecified atom stereocenters. The molecule has 0 bridgehead atoms. The molecule has 0 aliphatic carbocycles. The predicted octanol–water partition coefficient (Wildman–Crippen LogP) is 3.18. The zero-order valence-corrected chi connectivity index (χ0v) is 18.2. The van der Waals surface area contributed by atoms with Crippen molar-refractivity contribution in [2.45, 2.75) is 25.4 Å². The third-order valence-electron chi connectivity index (χ3n) is 5.14. The Morgan fingerprint density at radius 1 is 1.13 bits per heavy atom. The highest BCUT2D eigenvalue weighted by molar-refractivity contribution is 7.99. The summed E-state index contributed by atoms with van der Waals surface area (Å²) in [6.45, 7) is 4.61. The van der Waals surface area contributed by atoms with Crippen molar-refractivity contribution in [3.05, 3.63) is 81.8 Å². The minimum absolute atomic E-state index is 0.105. The molecule has 2 aromatic heterocycles. The Hall–Kier alpha value is -3.39. The van der Waals surface area contributed by atoms with Gasteiger partial charge in [0, 0.05) is 6.54 Å². The molecule has 0 saturated carbocycles. The minimum atomic E-state index is -0.270. The number of H-pyrrole nitrogens is 1. The summed E-state index contributed by atoms with van der Waals surface area (Å²) in [6, 6.07) is 15.9. The highest BCUT2D eigenvalue weighted by atomic mass is 32.2. The lowest BCUT2D eigenvalue weighted by Crippen LogP contribution is -2.27. The van der Waals surface area contributed by atoms with Gasteiger partial charge in [-0.1, -0.05) is 54.2 Å². The van der Waals surface area contributed by atoms with Crippen LogP contribution in [-0.4, -0.2) is 38.0 Å². The van der Waals surface area contributed by atoms with Gasteiger partial charge in [0.05, 0.1) is 17.6 Å². The number of hydrogen-bond donors (Lipinski definition) is 2. The van der Waals surface area contributed by atoms with Crippen LogP contribution < -0.4 is 10.9 Å². The maximum Gasteiger partial charge on any atom is 0.262 e. The smallest absolute Gasteiger partial charge is 0.262 e. The van der Waals surface area contributed by atoms with Crippen LogP contribution in [0.5, 0.6) is 0 Å². The van der Waals surface area contributed by atoms with Crippen LogP contribution in [-0.2, 0) is 11.2 Å². The number of benzene rings is 2. The summed E-state index contributed by atoms with van der Waals surface area (Å²) in [5.74, 6) is 0.0626. The van der Waals surface area contributed by atoms with Crippen LogP contribution in [0.15, 0.2) is 64.7 Å². The van der Waals surface area contributed by atoms with Gasteiger partial charge in [-0.3, -0.25) is 9.59 Å². The molecule has 8 heteroatoms. The van der Waals surface area contributed by atoms with Gasteiger partial charge in [0.1, 0.15) is 5.39 Å². The number of aromatic nitrogens is 4. The molecule has 0 saturated heterocycles. The number of aromatic amines is 1. The molecule has 4 aromatic rings. The summed E-state index contributed by atoms with van der Waals surface area (Å²) in [7, 11) is 0. The SMILES string of the molecule is Cc1cccc(-n2ncc3c(=O)[nH]c(SCC(=O)NCCc4ccccc4)nc32)c1C. The van der Waals surface area contributed by atoms with Crippen LogP contribution in [0.3, 0.4) is 0 Å². The summed E-state index contributed by atoms with van der Waals surface area (Å²) in [4.78, 5) is 32.0. The van der Waals surface area contributed by atoms with Crippen molar-refractivity contribution in [3.63, 3.8) is 0 Å². The maximum atomic E-state index is 12.5. The molecule has 2 N–H and O–H groups in total. The standard InChI is InChI=1S/C23H23N5O2S/c1-15-7-6-10-19(16(15)2)28-21-18(13-25-28)22(30)27-23(26-21)31-14-20(29)24-12-11-17-8-4-3-5-9-17/h3-10,13H,11-12,14H2,1-2H3,(H,24,29)(H,26,27,30). The van der Waals surface area contributed by atoms with Gasteiger partial charge >= 0.3 is 0 Å². The Bertz CT molecular complexity index is 1280. The number of hydrogen-bond acceptors (Lipinski definition) is 5. The lowest BCUT2D eigenvalue weighted by atomic mass is 10.1. The molecule has 1 amide bonds. The summed E-state index contributed by atoms with van der Waals surface area (Å²) >= 11 is 1.20. The van der Waals surface area contributed by atoms with Crippen molar-refractivity contribution >= 4 is 28.7 Å². The van der Waals surface area contributed by atoms with Gasteiger partial charge in [-0.2, -0.15) is 5.10 Å². The monoisotopic (exact) mass is 433 g/mol. The fourth-order valence-electron chi connectivity index (χ4n) is 3.28. The molecule has 0 aliphatic heterocycles. The van der Waals surface area contributed by atoms with E-state index in [1.807, 2.05) is 62.4 Å². The van der Waals surface area contributed by atoms with E-state index >= 15 is 0 Å². The second kappa shape index (κ2) is 9.18. The number of rotatable bonds is 7. The number of amides is 1. The van der Waals surface area contributed by atoms with Crippen molar-refractivity contribution < 1.29 is 4.79 Å². The molecule has 0 radical (unpaired) electrons. The normalized spacial score (nSPS) is 11.0. The van der Waals surface area contributed by atoms with E-state index in [-0.39, 0.29) is 17.2 Å². The summed E-state index contributed by atoms with van der Waals surface area (Å²) < 4.78 is 1.68. The van der Waals surface area contributed by atoms with Gasteiger partial charge in [0.2, 0.25) is 5.91 Å². The zero-order valence-electron chi connectivity index (χ0n) is 17.4. The van der Waals surface area contributed by atoms with Crippen LogP contribution >= 0.6 is 11.8 Å². The Balaban J connectivity index is 1.46. The second-order valence-corrected chi connectivity index (χ2v) is 8.22. The topological polar surface area (TPSA) is 92.7 Å². The van der Waals surface area contributed by atoms with Crippen molar-refractivity contribution in [2.75, 3.05) is 12.3 Å². The fourth-order valence-corrected chi connectivity index (χ4v) is 3.97. The molecule has 2 heterocycles. The highest BCUT2D eigenvalue weighted by Gasteiger charge is 2.14. The Morgan fingerprint density at radius 2 is 1.94 bits per heavy atom. The second-order valence-electron chi connectivity index (χ2n) is 7.26. The highest BCUT2D eigenvalue weighted by Crippen LogP contribution is 2.21. The number of nitrogens with zero attached hydrogens (tertiary/aromatic N) is 3. The first-order valence-electron chi connectivity index (χ1n) is 10.0. The zero-order chi connectivity index (χ0) is 21.8. The van der Waals surface area contributed by atoms with Gasteiger partial charge in [-0.15, -0.1) is 0 Å². The van der Waals surface area contributed by atoms with E-state index in [4.69, 9.17) is 0 Å². The van der Waals surface area contributed by atoms with E-state index in [9.17, 15) is 9.59 Å². The first-order chi connectivity index (χ1) is 15.0. The van der Waals surface area contributed by atoms with Crippen LogP contribution in [0.4, 0.5) is 0 Å². The van der Waals surface area contributed by atoms with Crippen molar-refractivity contribution in [1.29, 1.82) is 0 Å². The first-order valence-corrected chi connectivity index (χ1v) is 11.0. The molecule has 158 valence electrons. The van der Waals surface area contributed by atoms with Gasteiger partial charge in [-0.25, -0.2) is 9.67 Å². The average Bonchev–Trinajstić information content (AvgIpc) is 3.19. The van der Waals surface area contributed by atoms with E-state index in [1.54, 1.807) is 4.68 Å². The number of thioether (sulfide) groups is 1. The van der Waals surface area contributed by atoms with Crippen molar-refractivity contribution in [3.8, 4) is 5.69 Å². The van der Waals surface area contributed by atoms with Crippen molar-refractivity contribution in [1.82, 2.24) is 25.1 Å². The van der Waals surface area contributed by atoms with Gasteiger partial charge in [0.15, 0.2) is 10.8 Å². The van der Waals surface area contributed by atoms with Crippen LogP contribution in [0.25, 0.3) is 16.7 Å². The Kier molecular flexibility index (Phi) is 6.18. The van der Waals surface area contributed by atoms with Gasteiger partial charge in [0.25, 0.3) is 5.56 Å². The molecule has 0 aliphatic rings. The molecule has 7 nitrogen and oxygen atoms in total. The summed E-state index contributed by atoms with van der Waals surface area (Å²) in [5.41, 5.74) is 4.46. The van der Waals surface area contributed by atoms with Crippen LogP contribution in [0.1, 0.15) is 16.7 Å². The summed E-state index contributed by atoms with van der Waals surface area (Å²) in [5, 5.41) is 8.09. The Morgan fingerprint density at radius 3 is 2.74 bits per heavy atom. The minimum Gasteiger partial charge on any atom is -0.355 e. The molecule has 0 atom stereocenters. The fraction of sp³-hybridized carbons (Fsp3) is 0.217. The summed E-state index contributed by atoms with van der Waals surface area (Å²) in [6.07, 6.45) is 2.29. The molecular formula is C23H23N5O2S. The third kappa shape index (κ3) is 4.69. The van der Waals surface area contributed by atoms with Crippen LogP contribution in [0, 0.1) is 13.8 Å². The van der Waals surface area contributed by atoms with E-state index < -0.39 is 0 Å². The largest absolute Gasteiger partial charge is 0.355 e. The molecule has 0 fully saturated rings. The Labute approximate surface area is 183 Å². The third-order valence-corrected chi connectivity index (χ3v) is 6.01. The number of aryl methyl sites for hydroxylation is 1. The van der Waals surface area contributed by atoms with Crippen molar-refractivity contribution in [2.24, 2.45) is 0 Å². The quantitative estimate of drug-likeness (QED) is 0.345. The van der Waals surface area contributed by atoms with E-state index in [0.29, 0.717) is 22.7 Å². The molecular weight excluding hydrogens is 410 g/mol. The predicted molar refractivity (Wildman–Crippen MR) is 123 cm³/mol. The number of nitrogens with one attached hydrogen (secondary N) is 2. The molecule has 31 heavy (non-hydrogen) atoms. The van der Waals surface area contributed by atoms with E-state index in [2.05, 4.69) is 20.4 Å².